The van der Waals surface area contributed by atoms with E-state index in [1.54, 1.807) is 0 Å². The van der Waals surface area contributed by atoms with Crippen molar-refractivity contribution in [3.63, 3.8) is 0 Å². The molecule has 1 saturated heterocycles. The van der Waals surface area contributed by atoms with Crippen molar-refractivity contribution in [3.05, 3.63) is 0 Å². The number of hydrogen-bond acceptors (Lipinski definition) is 1. The Bertz CT molecular complexity index is 542. The zero-order valence-corrected chi connectivity index (χ0v) is 12.3. The molecule has 16 heteroatoms. The molecule has 0 N–H and O–H groups in total. The number of ether oxygens (including phenoxy) is 1. The smallest absolute Gasteiger partial charge is 0.372 e. The third-order valence-corrected chi connectivity index (χ3v) is 3.69. The van der Waals surface area contributed by atoms with E-state index in [2.05, 4.69) is 4.74 Å². The molecule has 1 heterocycles. The summed E-state index contributed by atoms with van der Waals surface area (Å²) in [6.45, 7) is -0.736. The Kier molecular flexibility index (Phi) is 5.50. The minimum Gasteiger partial charge on any atom is -0.372 e. The topological polar surface area (TPSA) is 9.23 Å². The summed E-state index contributed by atoms with van der Waals surface area (Å²) >= 11 is 0. The Labute approximate surface area is 139 Å². The van der Waals surface area contributed by atoms with Crippen LogP contribution in [0.1, 0.15) is 12.8 Å². The summed E-state index contributed by atoms with van der Waals surface area (Å²) in [5.74, 6) is -46.2. The van der Waals surface area contributed by atoms with E-state index in [0.29, 0.717) is 0 Å². The molecule has 1 unspecified atom stereocenters. The molecule has 0 saturated carbocycles. The summed E-state index contributed by atoms with van der Waals surface area (Å²) in [7, 11) is 0. The summed E-state index contributed by atoms with van der Waals surface area (Å²) in [5, 5.41) is 0. The van der Waals surface area contributed by atoms with E-state index in [0.717, 1.165) is 0 Å². The first-order chi connectivity index (χ1) is 11.6. The summed E-state index contributed by atoms with van der Waals surface area (Å²) < 4.78 is 197. The second-order valence-corrected chi connectivity index (χ2v) is 5.49. The Morgan fingerprint density at radius 1 is 0.519 bits per heavy atom. The molecule has 1 aliphatic rings. The van der Waals surface area contributed by atoms with Crippen LogP contribution in [0.15, 0.2) is 0 Å². The van der Waals surface area contributed by atoms with E-state index in [4.69, 9.17) is 0 Å². The zero-order chi connectivity index (χ0) is 21.9. The van der Waals surface area contributed by atoms with Crippen LogP contribution in [0.5, 0.6) is 0 Å². The van der Waals surface area contributed by atoms with Crippen LogP contribution in [0.3, 0.4) is 0 Å². The van der Waals surface area contributed by atoms with Gasteiger partial charge in [-0.3, -0.25) is 0 Å². The molecule has 0 spiro atoms. The Hall–Kier alpha value is -1.09. The van der Waals surface area contributed by atoms with Gasteiger partial charge in [-0.1, -0.05) is 0 Å². The molecule has 1 nitrogen and oxygen atoms in total. The maximum Gasteiger partial charge on any atom is 0.460 e. The molecule has 1 rings (SSSR count). The van der Waals surface area contributed by atoms with E-state index in [1.165, 1.54) is 0 Å². The number of rotatable bonds is 6. The van der Waals surface area contributed by atoms with Crippen LogP contribution in [0.25, 0.3) is 0 Å². The molecule has 0 radical (unpaired) electrons. The van der Waals surface area contributed by atoms with Crippen molar-refractivity contribution in [2.45, 2.75) is 60.7 Å². The van der Waals surface area contributed by atoms with Crippen LogP contribution < -0.4 is 0 Å². The maximum absolute atomic E-state index is 13.5. The van der Waals surface area contributed by atoms with Gasteiger partial charge in [-0.15, -0.1) is 0 Å². The molecule has 1 aliphatic heterocycles. The van der Waals surface area contributed by atoms with E-state index in [1.807, 2.05) is 0 Å². The molecule has 162 valence electrons. The van der Waals surface area contributed by atoms with Crippen molar-refractivity contribution < 1.29 is 70.6 Å². The Morgan fingerprint density at radius 2 is 0.889 bits per heavy atom. The minimum atomic E-state index is -8.25. The lowest BCUT2D eigenvalue weighted by atomic mass is 9.89. The van der Waals surface area contributed by atoms with E-state index >= 15 is 0 Å². The van der Waals surface area contributed by atoms with Crippen molar-refractivity contribution in [1.82, 2.24) is 0 Å². The van der Waals surface area contributed by atoms with Crippen LogP contribution >= 0.6 is 0 Å². The van der Waals surface area contributed by atoms with Crippen molar-refractivity contribution in [2.24, 2.45) is 0 Å². The molecule has 0 aromatic heterocycles. The van der Waals surface area contributed by atoms with Crippen LogP contribution in [-0.2, 0) is 4.74 Å². The van der Waals surface area contributed by atoms with Gasteiger partial charge in [0.1, 0.15) is 6.10 Å². The fourth-order valence-electron chi connectivity index (χ4n) is 2.04. The van der Waals surface area contributed by atoms with Gasteiger partial charge in [-0.2, -0.15) is 65.9 Å². The first-order valence-electron chi connectivity index (χ1n) is 6.56. The highest BCUT2D eigenvalue weighted by atomic mass is 19.4. The lowest BCUT2D eigenvalue weighted by molar-refractivity contribution is -0.455. The molecule has 0 aromatic carbocycles. The first kappa shape index (κ1) is 23.9. The van der Waals surface area contributed by atoms with Gasteiger partial charge in [-0.25, -0.2) is 0 Å². The lowest BCUT2D eigenvalue weighted by Gasteiger charge is -2.42. The maximum atomic E-state index is 13.5. The van der Waals surface area contributed by atoms with E-state index in [9.17, 15) is 65.9 Å². The summed E-state index contributed by atoms with van der Waals surface area (Å²) in [6.07, 6.45) is -12.4. The second kappa shape index (κ2) is 6.20. The highest BCUT2D eigenvalue weighted by Crippen LogP contribution is 2.63. The number of halogens is 15. The van der Waals surface area contributed by atoms with Gasteiger partial charge in [0.25, 0.3) is 0 Å². The van der Waals surface area contributed by atoms with Gasteiger partial charge in [-0.05, 0) is 12.8 Å². The van der Waals surface area contributed by atoms with Gasteiger partial charge in [0, 0.05) is 6.61 Å². The Balaban J connectivity index is 3.49. The zero-order valence-electron chi connectivity index (χ0n) is 12.3. The third kappa shape index (κ3) is 3.01. The predicted octanol–water partition coefficient (Wildman–Crippen LogP) is 5.54. The fourth-order valence-corrected chi connectivity index (χ4v) is 2.04. The van der Waals surface area contributed by atoms with Gasteiger partial charge >= 0.3 is 41.7 Å². The minimum absolute atomic E-state index is 0.458. The number of hydrogen-bond donors (Lipinski definition) is 0. The molecule has 0 bridgehead atoms. The predicted molar refractivity (Wildman–Crippen MR) is 54.7 cm³/mol. The molecule has 1 fully saturated rings. The number of alkyl halides is 15. The average Bonchev–Trinajstić information content (AvgIpc) is 2.99. The van der Waals surface area contributed by atoms with E-state index < -0.39 is 67.3 Å². The SMILES string of the molecule is FC(F)(F)C(F)(F)C(F)(F)C(F)(F)C(F)(F)C(F)(F)C(F)(F)C1CCCO1. The van der Waals surface area contributed by atoms with E-state index in [-0.39, 0.29) is 0 Å². The highest BCUT2D eigenvalue weighted by molar-refractivity contribution is 5.14. The molecular formula is C11H7F15O. The highest BCUT2D eigenvalue weighted by Gasteiger charge is 2.93. The van der Waals surface area contributed by atoms with Crippen molar-refractivity contribution in [3.8, 4) is 0 Å². The van der Waals surface area contributed by atoms with Gasteiger partial charge in [0.15, 0.2) is 0 Å². The normalized spacial score (nSPS) is 21.7. The van der Waals surface area contributed by atoms with Gasteiger partial charge in [0.2, 0.25) is 0 Å². The molecule has 0 aliphatic carbocycles. The van der Waals surface area contributed by atoms with Crippen LogP contribution in [0.2, 0.25) is 0 Å². The lowest BCUT2D eigenvalue weighted by Crippen LogP contribution is -2.73. The first-order valence-corrected chi connectivity index (χ1v) is 6.56. The third-order valence-electron chi connectivity index (χ3n) is 3.69. The van der Waals surface area contributed by atoms with Gasteiger partial charge < -0.3 is 4.74 Å². The monoisotopic (exact) mass is 440 g/mol. The molecular weight excluding hydrogens is 433 g/mol. The fraction of sp³-hybridized carbons (Fsp3) is 1.00. The second-order valence-electron chi connectivity index (χ2n) is 5.49. The molecule has 0 amide bonds. The average molecular weight is 440 g/mol. The van der Waals surface area contributed by atoms with Crippen molar-refractivity contribution in [1.29, 1.82) is 0 Å². The van der Waals surface area contributed by atoms with Crippen LogP contribution in [-0.4, -0.2) is 54.4 Å². The molecule has 1 atom stereocenters. The Morgan fingerprint density at radius 3 is 1.22 bits per heavy atom. The van der Waals surface area contributed by atoms with Crippen LogP contribution in [0, 0.1) is 0 Å². The van der Waals surface area contributed by atoms with Gasteiger partial charge in [0.05, 0.1) is 0 Å². The summed E-state index contributed by atoms with van der Waals surface area (Å²) in [6, 6.07) is 0. The van der Waals surface area contributed by atoms with Crippen molar-refractivity contribution in [2.75, 3.05) is 6.61 Å². The summed E-state index contributed by atoms with van der Waals surface area (Å²) in [5.41, 5.74) is 0. The summed E-state index contributed by atoms with van der Waals surface area (Å²) in [4.78, 5) is 0. The van der Waals surface area contributed by atoms with Crippen LogP contribution in [0.4, 0.5) is 65.9 Å². The standard InChI is InChI=1S/C11H7F15O/c12-5(13,4-2-1-3-27-4)6(14,15)7(16,17)8(18,19)9(20,21)10(22,23)11(24,25)26/h4H,1-3H2. The van der Waals surface area contributed by atoms with Crippen molar-refractivity contribution >= 4 is 0 Å². The molecule has 0 aromatic rings. The largest absolute Gasteiger partial charge is 0.460 e. The quantitative estimate of drug-likeness (QED) is 0.493. The molecule has 27 heavy (non-hydrogen) atoms.